The van der Waals surface area contributed by atoms with Crippen molar-refractivity contribution in [1.82, 2.24) is 19.6 Å². The number of hydrogen-bond donors (Lipinski definition) is 4. The van der Waals surface area contributed by atoms with E-state index in [1.54, 1.807) is 18.2 Å². The summed E-state index contributed by atoms with van der Waals surface area (Å²) in [4.78, 5) is 33.7. The van der Waals surface area contributed by atoms with Gasteiger partial charge in [0.1, 0.15) is 29.7 Å². The fourth-order valence-corrected chi connectivity index (χ4v) is 4.88. The van der Waals surface area contributed by atoms with Gasteiger partial charge in [0.15, 0.2) is 6.04 Å². The van der Waals surface area contributed by atoms with Gasteiger partial charge >= 0.3 is 13.7 Å². The highest BCUT2D eigenvalue weighted by atomic mass is 31.2. The first kappa shape index (κ1) is 27.3. The second kappa shape index (κ2) is 10.6. The maximum absolute atomic E-state index is 13.4. The van der Waals surface area contributed by atoms with Gasteiger partial charge in [-0.05, 0) is 26.0 Å². The number of nitrogens with zero attached hydrogens (tertiary/aromatic N) is 5. The third-order valence-electron chi connectivity index (χ3n) is 5.72. The normalized spacial score (nSPS) is 25.9. The van der Waals surface area contributed by atoms with Gasteiger partial charge in [-0.1, -0.05) is 23.1 Å². The lowest BCUT2D eigenvalue weighted by atomic mass is 9.91. The van der Waals surface area contributed by atoms with Gasteiger partial charge in [-0.25, -0.2) is 18.9 Å². The number of ether oxygens (including phenoxy) is 2. The minimum atomic E-state index is -4.41. The molecule has 0 radical (unpaired) electrons. The third-order valence-corrected chi connectivity index (χ3v) is 6.96. The van der Waals surface area contributed by atoms with Gasteiger partial charge in [0.05, 0.1) is 25.6 Å². The molecule has 1 unspecified atom stereocenters. The van der Waals surface area contributed by atoms with Crippen LogP contribution in [0.15, 0.2) is 51.3 Å². The number of imidazole rings is 1. The Balaban J connectivity index is 1.58. The second-order valence-electron chi connectivity index (χ2n) is 8.56. The molecule has 1 aliphatic heterocycles. The van der Waals surface area contributed by atoms with Gasteiger partial charge in [-0.15, -0.1) is 5.10 Å². The number of nitrogens with one attached hydrogen (secondary N) is 1. The van der Waals surface area contributed by atoms with Gasteiger partial charge in [0.25, 0.3) is 5.56 Å². The number of nitrogens with two attached hydrogens (primary N) is 1. The Bertz CT molecular complexity index is 1440. The largest absolute Gasteiger partial charge is 0.525 e. The van der Waals surface area contributed by atoms with Crippen molar-refractivity contribution in [2.45, 2.75) is 43.8 Å². The zero-order valence-electron chi connectivity index (χ0n) is 20.5. The summed E-state index contributed by atoms with van der Waals surface area (Å²) in [6.07, 6.45) is -2.81. The Morgan fingerprint density at radius 1 is 1.39 bits per heavy atom. The quantitative estimate of drug-likeness (QED) is 0.164. The van der Waals surface area contributed by atoms with Crippen LogP contribution < -0.4 is 15.8 Å². The summed E-state index contributed by atoms with van der Waals surface area (Å²) in [6, 6.07) is 6.86. The number of hydrogen-bond acceptors (Lipinski definition) is 13. The number of carbonyl (C=O) groups is 1. The van der Waals surface area contributed by atoms with E-state index in [0.717, 1.165) is 11.6 Å². The molecular weight excluding hydrogens is 525 g/mol. The molecule has 2 aromatic heterocycles. The molecular formula is C21H26N7O9P. The van der Waals surface area contributed by atoms with Gasteiger partial charge in [-0.3, -0.25) is 14.3 Å². The molecule has 17 heteroatoms. The maximum Gasteiger partial charge on any atom is 0.525 e. The summed E-state index contributed by atoms with van der Waals surface area (Å²) in [5.74, 6) is -0.794. The number of para-hydroxylation sites is 1. The Morgan fingerprint density at radius 2 is 2.11 bits per heavy atom. The number of H-pyrrole nitrogens is 1. The van der Waals surface area contributed by atoms with E-state index in [9.17, 15) is 24.4 Å². The molecule has 1 aliphatic rings. The van der Waals surface area contributed by atoms with E-state index in [1.807, 2.05) is 0 Å². The number of rotatable bonds is 9. The van der Waals surface area contributed by atoms with Crippen LogP contribution in [0.3, 0.4) is 0 Å². The SMILES string of the molecule is COC(=O)[C@H](C)N=NP(=O)(OC[C@H]1O[C@@H](c2cnc3c(=O)[nH]c(N)nn23)[C@](C)(O)[C@@H]1O)Oc1ccccc1. The van der Waals surface area contributed by atoms with Crippen molar-refractivity contribution >= 4 is 25.3 Å². The smallest absolute Gasteiger partial charge is 0.467 e. The maximum atomic E-state index is 13.4. The minimum absolute atomic E-state index is 0.108. The Labute approximate surface area is 215 Å². The highest BCUT2D eigenvalue weighted by Gasteiger charge is 2.54. The lowest BCUT2D eigenvalue weighted by Crippen LogP contribution is -2.43. The van der Waals surface area contributed by atoms with Crippen LogP contribution in [0, 0.1) is 0 Å². The number of aromatic nitrogens is 4. The van der Waals surface area contributed by atoms with E-state index in [1.165, 1.54) is 32.2 Å². The standard InChI is InChI=1S/C21H26N7O9P/c1-11(19(31)34-3)25-27-38(33,37-12-7-5-4-6-8-12)35-10-14-15(29)21(2,32)16(36-14)13-9-23-17-18(30)24-20(22)26-28(13)17/h4-9,11,14-16,29,32H,10H2,1-3H3,(H3,22,24,26,30)/t11-,14+,15+,16-,21+,38?/m0/s1. The molecule has 0 saturated carbocycles. The number of aliphatic hydroxyl groups is 2. The van der Waals surface area contributed by atoms with Crippen LogP contribution >= 0.6 is 7.75 Å². The van der Waals surface area contributed by atoms with Crippen molar-refractivity contribution in [1.29, 1.82) is 0 Å². The van der Waals surface area contributed by atoms with Crippen molar-refractivity contribution in [2.24, 2.45) is 10.00 Å². The van der Waals surface area contributed by atoms with E-state index >= 15 is 0 Å². The number of aliphatic hydroxyl groups excluding tert-OH is 1. The first-order valence-corrected chi connectivity index (χ1v) is 12.7. The van der Waals surface area contributed by atoms with Gasteiger partial charge < -0.3 is 29.9 Å². The van der Waals surface area contributed by atoms with Crippen molar-refractivity contribution in [3.8, 4) is 5.75 Å². The van der Waals surface area contributed by atoms with Crippen LogP contribution in [0.1, 0.15) is 25.6 Å². The molecule has 3 heterocycles. The number of anilines is 1. The van der Waals surface area contributed by atoms with Crippen LogP contribution in [-0.4, -0.2) is 73.3 Å². The molecule has 4 rings (SSSR count). The summed E-state index contributed by atoms with van der Waals surface area (Å²) < 4.78 is 35.9. The van der Waals surface area contributed by atoms with Crippen LogP contribution in [0.2, 0.25) is 0 Å². The highest BCUT2D eigenvalue weighted by Crippen LogP contribution is 2.51. The van der Waals surface area contributed by atoms with Crippen LogP contribution in [0.5, 0.6) is 5.75 Å². The van der Waals surface area contributed by atoms with E-state index in [0.29, 0.717) is 0 Å². The van der Waals surface area contributed by atoms with E-state index in [2.05, 4.69) is 29.8 Å². The number of nitrogen functional groups attached to an aromatic ring is 1. The number of methoxy groups -OCH3 is 1. The van der Waals surface area contributed by atoms with E-state index in [-0.39, 0.29) is 23.0 Å². The fraction of sp³-hybridized carbons (Fsp3) is 0.429. The molecule has 0 amide bonds. The topological polar surface area (TPSA) is 225 Å². The van der Waals surface area contributed by atoms with Crippen molar-refractivity contribution in [2.75, 3.05) is 19.5 Å². The Kier molecular flexibility index (Phi) is 7.62. The first-order valence-electron chi connectivity index (χ1n) is 11.2. The molecule has 38 heavy (non-hydrogen) atoms. The average Bonchev–Trinajstić information content (AvgIpc) is 3.39. The number of carbonyl (C=O) groups excluding carboxylic acids is 1. The second-order valence-corrected chi connectivity index (χ2v) is 10.1. The Morgan fingerprint density at radius 3 is 2.79 bits per heavy atom. The van der Waals surface area contributed by atoms with Crippen molar-refractivity contribution in [3.05, 3.63) is 52.6 Å². The monoisotopic (exact) mass is 551 g/mol. The van der Waals surface area contributed by atoms with Crippen LogP contribution in [0.25, 0.3) is 5.65 Å². The lowest BCUT2D eigenvalue weighted by Gasteiger charge is -2.26. The molecule has 3 aromatic rings. The Hall–Kier alpha value is -3.69. The van der Waals surface area contributed by atoms with Gasteiger partial charge in [-0.2, -0.15) is 5.11 Å². The zero-order valence-corrected chi connectivity index (χ0v) is 21.4. The highest BCUT2D eigenvalue weighted by molar-refractivity contribution is 7.52. The molecule has 6 atom stereocenters. The summed E-state index contributed by atoms with van der Waals surface area (Å²) in [5.41, 5.74) is 3.10. The van der Waals surface area contributed by atoms with Crippen molar-refractivity contribution in [3.63, 3.8) is 0 Å². The van der Waals surface area contributed by atoms with Crippen molar-refractivity contribution < 1.29 is 38.1 Å². The van der Waals surface area contributed by atoms with E-state index < -0.39 is 55.8 Å². The third kappa shape index (κ3) is 5.44. The molecule has 5 N–H and O–H groups in total. The fourth-order valence-electron chi connectivity index (χ4n) is 3.73. The number of fused-ring (bicyclic) bond motifs is 1. The first-order chi connectivity index (χ1) is 17.9. The minimum Gasteiger partial charge on any atom is -0.467 e. The molecule has 0 spiro atoms. The lowest BCUT2D eigenvalue weighted by molar-refractivity contribution is -0.141. The molecule has 1 fully saturated rings. The molecule has 1 saturated heterocycles. The number of esters is 1. The summed E-state index contributed by atoms with van der Waals surface area (Å²) >= 11 is 0. The summed E-state index contributed by atoms with van der Waals surface area (Å²) in [5, 5.41) is 29.6. The summed E-state index contributed by atoms with van der Waals surface area (Å²) in [6.45, 7) is 2.10. The van der Waals surface area contributed by atoms with Gasteiger partial charge in [0, 0.05) is 0 Å². The number of aromatic amines is 1. The molecule has 16 nitrogen and oxygen atoms in total. The van der Waals surface area contributed by atoms with E-state index in [4.69, 9.17) is 19.5 Å². The summed E-state index contributed by atoms with van der Waals surface area (Å²) in [7, 11) is -3.25. The molecule has 1 aromatic carbocycles. The van der Waals surface area contributed by atoms with Gasteiger partial charge in [0.2, 0.25) is 11.6 Å². The van der Waals surface area contributed by atoms with Crippen LogP contribution in [0.4, 0.5) is 5.95 Å². The predicted molar refractivity (Wildman–Crippen MR) is 129 cm³/mol. The molecule has 0 aliphatic carbocycles. The molecule has 0 bridgehead atoms. The zero-order chi connectivity index (χ0) is 27.7. The molecule has 204 valence electrons. The average molecular weight is 551 g/mol. The predicted octanol–water partition coefficient (Wildman–Crippen LogP) is 0.769. The number of benzene rings is 1. The van der Waals surface area contributed by atoms with Crippen LogP contribution in [-0.2, 0) is 23.4 Å².